The van der Waals surface area contributed by atoms with Crippen LogP contribution in [-0.2, 0) is 9.98 Å². The molecular weight excluding hydrogens is 241 g/mol. The van der Waals surface area contributed by atoms with Crippen molar-refractivity contribution in [3.63, 3.8) is 0 Å². The summed E-state index contributed by atoms with van der Waals surface area (Å²) in [5, 5.41) is 0. The first kappa shape index (κ1) is 14.2. The zero-order valence-electron chi connectivity index (χ0n) is 9.96. The molecule has 0 aromatic heterocycles. The first-order valence-electron chi connectivity index (χ1n) is 5.23. The van der Waals surface area contributed by atoms with Crippen molar-refractivity contribution in [2.75, 3.05) is 12.9 Å². The summed E-state index contributed by atoms with van der Waals surface area (Å²) in [5.41, 5.74) is 6.22. The fraction of sp³-hybridized carbons (Fsp3) is 0.455. The van der Waals surface area contributed by atoms with Gasteiger partial charge in [-0.05, 0) is 6.07 Å². The van der Waals surface area contributed by atoms with Gasteiger partial charge in [0.15, 0.2) is 6.35 Å². The minimum Gasteiger partial charge on any atom is -0.481 e. The molecule has 17 heavy (non-hydrogen) atoms. The van der Waals surface area contributed by atoms with Crippen molar-refractivity contribution in [3.05, 3.63) is 29.8 Å². The second-order valence-electron chi connectivity index (χ2n) is 4.52. The summed E-state index contributed by atoms with van der Waals surface area (Å²) in [7, 11) is -4.17. The maximum absolute atomic E-state index is 10.8. The first-order valence-corrected chi connectivity index (χ1v) is 7.03. The Morgan fingerprint density at radius 2 is 1.94 bits per heavy atom. The second kappa shape index (κ2) is 5.19. The van der Waals surface area contributed by atoms with Gasteiger partial charge in [-0.1, -0.05) is 32.0 Å². The molecule has 0 unspecified atom stereocenters. The van der Waals surface area contributed by atoms with Gasteiger partial charge in [0.1, 0.15) is 5.75 Å². The third-order valence-electron chi connectivity index (χ3n) is 2.51. The molecule has 4 N–H and O–H groups in total. The summed E-state index contributed by atoms with van der Waals surface area (Å²) in [6, 6.07) is 7.13. The van der Waals surface area contributed by atoms with E-state index >= 15 is 0 Å². The second-order valence-corrected chi connectivity index (χ2v) is 6.11. The van der Waals surface area contributed by atoms with E-state index in [0.29, 0.717) is 12.3 Å². The van der Waals surface area contributed by atoms with Crippen LogP contribution < -0.4 is 10.5 Å². The van der Waals surface area contributed by atoms with E-state index in [1.807, 2.05) is 26.0 Å². The highest BCUT2D eigenvalue weighted by molar-refractivity contribution is 7.51. The van der Waals surface area contributed by atoms with E-state index in [1.54, 1.807) is 12.1 Å². The van der Waals surface area contributed by atoms with Crippen molar-refractivity contribution < 1.29 is 19.1 Å². The normalized spacial score (nSPS) is 12.5. The van der Waals surface area contributed by atoms with Crippen molar-refractivity contribution in [2.45, 2.75) is 19.3 Å². The van der Waals surface area contributed by atoms with Gasteiger partial charge in [-0.2, -0.15) is 0 Å². The van der Waals surface area contributed by atoms with Crippen molar-refractivity contribution >= 4 is 7.60 Å². The Kier molecular flexibility index (Phi) is 4.33. The van der Waals surface area contributed by atoms with Crippen molar-refractivity contribution in [3.8, 4) is 5.75 Å². The van der Waals surface area contributed by atoms with E-state index in [-0.39, 0.29) is 5.41 Å². The predicted molar refractivity (Wildman–Crippen MR) is 66.1 cm³/mol. The molecule has 0 saturated carbocycles. The van der Waals surface area contributed by atoms with Crippen LogP contribution in [0.2, 0.25) is 0 Å². The molecule has 5 nitrogen and oxygen atoms in total. The zero-order chi connectivity index (χ0) is 13.1. The number of rotatable bonds is 5. The fourth-order valence-electron chi connectivity index (χ4n) is 1.42. The van der Waals surface area contributed by atoms with Gasteiger partial charge in [-0.25, -0.2) is 0 Å². The Morgan fingerprint density at radius 1 is 1.35 bits per heavy atom. The summed E-state index contributed by atoms with van der Waals surface area (Å²) in [4.78, 5) is 17.6. The van der Waals surface area contributed by atoms with E-state index in [4.69, 9.17) is 20.3 Å². The lowest BCUT2D eigenvalue weighted by atomic mass is 9.84. The van der Waals surface area contributed by atoms with Gasteiger partial charge < -0.3 is 20.3 Å². The van der Waals surface area contributed by atoms with Crippen LogP contribution >= 0.6 is 7.60 Å². The average molecular weight is 259 g/mol. The zero-order valence-corrected chi connectivity index (χ0v) is 10.9. The van der Waals surface area contributed by atoms with E-state index in [0.717, 1.165) is 5.56 Å². The molecule has 0 aliphatic carbocycles. The molecule has 0 amide bonds. The van der Waals surface area contributed by atoms with Crippen LogP contribution in [0.4, 0.5) is 0 Å². The lowest BCUT2D eigenvalue weighted by Gasteiger charge is -2.25. The third-order valence-corrected chi connectivity index (χ3v) is 2.98. The number of nitrogens with two attached hydrogens (primary N) is 1. The van der Waals surface area contributed by atoms with Crippen LogP contribution in [0.15, 0.2) is 24.3 Å². The minimum absolute atomic E-state index is 0.300. The van der Waals surface area contributed by atoms with Crippen LogP contribution in [0.25, 0.3) is 0 Å². The number of benzene rings is 1. The Balaban J connectivity index is 2.97. The summed E-state index contributed by atoms with van der Waals surface area (Å²) in [6.07, 6.45) is -0.620. The van der Waals surface area contributed by atoms with Gasteiger partial charge in [0.2, 0.25) is 0 Å². The van der Waals surface area contributed by atoms with Crippen LogP contribution in [0.1, 0.15) is 19.4 Å². The highest BCUT2D eigenvalue weighted by Crippen LogP contribution is 2.37. The van der Waals surface area contributed by atoms with Gasteiger partial charge in [-0.3, -0.25) is 4.57 Å². The monoisotopic (exact) mass is 259 g/mol. The van der Waals surface area contributed by atoms with Crippen LogP contribution in [0.5, 0.6) is 5.75 Å². The summed E-state index contributed by atoms with van der Waals surface area (Å²) in [5.74, 6) is 0.464. The average Bonchev–Trinajstić information content (AvgIpc) is 2.26. The molecule has 0 aliphatic heterocycles. The first-order chi connectivity index (χ1) is 7.76. The molecule has 6 heteroatoms. The maximum atomic E-state index is 10.8. The van der Waals surface area contributed by atoms with E-state index in [2.05, 4.69) is 0 Å². The lowest BCUT2D eigenvalue weighted by Crippen LogP contribution is -2.28. The molecule has 0 saturated heterocycles. The van der Waals surface area contributed by atoms with Crippen molar-refractivity contribution in [1.29, 1.82) is 0 Å². The Hall–Kier alpha value is -0.870. The van der Waals surface area contributed by atoms with Crippen LogP contribution in [0, 0.1) is 0 Å². The van der Waals surface area contributed by atoms with Gasteiger partial charge >= 0.3 is 7.60 Å². The molecule has 1 aromatic rings. The number of para-hydroxylation sites is 1. The Morgan fingerprint density at radius 3 is 2.47 bits per heavy atom. The SMILES string of the molecule is CC(C)(CN)c1ccccc1OCP(=O)(O)O. The predicted octanol–water partition coefficient (Wildman–Crippen LogP) is 1.44. The fourth-order valence-corrected chi connectivity index (χ4v) is 1.72. The van der Waals surface area contributed by atoms with E-state index in [1.165, 1.54) is 0 Å². The molecular formula is C11H18NO4P. The number of hydrogen-bond acceptors (Lipinski definition) is 3. The molecule has 1 aromatic carbocycles. The van der Waals surface area contributed by atoms with Gasteiger partial charge in [0.25, 0.3) is 0 Å². The molecule has 1 rings (SSSR count). The van der Waals surface area contributed by atoms with Crippen molar-refractivity contribution in [1.82, 2.24) is 0 Å². The third kappa shape index (κ3) is 4.13. The molecule has 0 radical (unpaired) electrons. The van der Waals surface area contributed by atoms with E-state index < -0.39 is 13.9 Å². The smallest absolute Gasteiger partial charge is 0.362 e. The van der Waals surface area contributed by atoms with Crippen LogP contribution in [0.3, 0.4) is 0 Å². The molecule has 0 spiro atoms. The van der Waals surface area contributed by atoms with E-state index in [9.17, 15) is 4.57 Å². The number of ether oxygens (including phenoxy) is 1. The lowest BCUT2D eigenvalue weighted by molar-refractivity contribution is 0.295. The number of hydrogen-bond donors (Lipinski definition) is 3. The standard InChI is InChI=1S/C11H18NO4P/c1-11(2,7-12)9-5-3-4-6-10(9)16-8-17(13,14)15/h3-6H,7-8,12H2,1-2H3,(H2,13,14,15). The van der Waals surface area contributed by atoms with Gasteiger partial charge in [0, 0.05) is 17.5 Å². The molecule has 0 bridgehead atoms. The Labute approximate surface area is 101 Å². The van der Waals surface area contributed by atoms with Gasteiger partial charge in [-0.15, -0.1) is 0 Å². The quantitative estimate of drug-likeness (QED) is 0.696. The highest BCUT2D eigenvalue weighted by Gasteiger charge is 2.23. The summed E-state index contributed by atoms with van der Waals surface area (Å²) < 4.78 is 16.0. The summed E-state index contributed by atoms with van der Waals surface area (Å²) >= 11 is 0. The van der Waals surface area contributed by atoms with Crippen molar-refractivity contribution in [2.24, 2.45) is 5.73 Å². The molecule has 0 atom stereocenters. The Bertz CT molecular complexity index is 427. The highest BCUT2D eigenvalue weighted by atomic mass is 31.2. The molecule has 0 aliphatic rings. The minimum atomic E-state index is -4.17. The molecule has 96 valence electrons. The maximum Gasteiger partial charge on any atom is 0.362 e. The topological polar surface area (TPSA) is 92.8 Å². The largest absolute Gasteiger partial charge is 0.481 e. The molecule has 0 fully saturated rings. The summed E-state index contributed by atoms with van der Waals surface area (Å²) in [6.45, 7) is 4.32. The van der Waals surface area contributed by atoms with Crippen LogP contribution in [-0.4, -0.2) is 22.7 Å². The molecule has 0 heterocycles. The van der Waals surface area contributed by atoms with Gasteiger partial charge in [0.05, 0.1) is 0 Å².